The van der Waals surface area contributed by atoms with Gasteiger partial charge in [-0.2, -0.15) is 0 Å². The maximum atomic E-state index is 5.51. The Kier molecular flexibility index (Phi) is 3.81. The number of thiophene rings is 1. The Morgan fingerprint density at radius 1 is 1.53 bits per heavy atom. The zero-order valence-corrected chi connectivity index (χ0v) is 10.9. The first-order valence-corrected chi connectivity index (χ1v) is 6.65. The summed E-state index contributed by atoms with van der Waals surface area (Å²) in [7, 11) is 0. The first kappa shape index (κ1) is 11.2. The van der Waals surface area contributed by atoms with Crippen LogP contribution in [0.4, 0.5) is 0 Å². The van der Waals surface area contributed by atoms with Crippen molar-refractivity contribution in [2.45, 2.75) is 12.5 Å². The minimum Gasteiger partial charge on any atom is -0.271 e. The van der Waals surface area contributed by atoms with Crippen LogP contribution in [0.25, 0.3) is 0 Å². The lowest BCUT2D eigenvalue weighted by Crippen LogP contribution is -2.28. The Bertz CT molecular complexity index is 414. The van der Waals surface area contributed by atoms with Crippen LogP contribution in [0.3, 0.4) is 0 Å². The molecule has 15 heavy (non-hydrogen) atoms. The van der Waals surface area contributed by atoms with E-state index in [4.69, 9.17) is 5.84 Å². The van der Waals surface area contributed by atoms with Crippen molar-refractivity contribution in [3.05, 3.63) is 31.9 Å². The van der Waals surface area contributed by atoms with Crippen molar-refractivity contribution in [2.24, 2.45) is 5.84 Å². The van der Waals surface area contributed by atoms with Crippen molar-refractivity contribution < 1.29 is 0 Å². The van der Waals surface area contributed by atoms with E-state index < -0.39 is 0 Å². The fourth-order valence-corrected chi connectivity index (χ4v) is 3.32. The molecule has 0 saturated carbocycles. The number of rotatable bonds is 4. The molecule has 0 aromatic carbocycles. The second kappa shape index (κ2) is 5.13. The average Bonchev–Trinajstić information content (AvgIpc) is 2.85. The van der Waals surface area contributed by atoms with Crippen LogP contribution in [0.15, 0.2) is 22.1 Å². The highest BCUT2D eigenvalue weighted by Crippen LogP contribution is 2.27. The van der Waals surface area contributed by atoms with E-state index in [0.29, 0.717) is 0 Å². The van der Waals surface area contributed by atoms with Gasteiger partial charge in [0.25, 0.3) is 0 Å². The molecule has 7 heteroatoms. The molecule has 1 unspecified atom stereocenters. The normalized spacial score (nSPS) is 12.9. The van der Waals surface area contributed by atoms with Gasteiger partial charge in [0, 0.05) is 11.3 Å². The van der Waals surface area contributed by atoms with Gasteiger partial charge in [-0.15, -0.1) is 16.4 Å². The van der Waals surface area contributed by atoms with Gasteiger partial charge < -0.3 is 0 Å². The number of nitrogens with zero attached hydrogens (tertiary/aromatic N) is 2. The zero-order chi connectivity index (χ0) is 10.7. The summed E-state index contributed by atoms with van der Waals surface area (Å²) in [6.45, 7) is 0. The molecule has 0 bridgehead atoms. The van der Waals surface area contributed by atoms with Crippen LogP contribution in [0, 0.1) is 0 Å². The van der Waals surface area contributed by atoms with Crippen molar-refractivity contribution in [3.8, 4) is 0 Å². The first-order chi connectivity index (χ1) is 7.29. The molecule has 0 saturated heterocycles. The third kappa shape index (κ3) is 2.82. The molecule has 2 aromatic rings. The Morgan fingerprint density at radius 2 is 2.40 bits per heavy atom. The van der Waals surface area contributed by atoms with Gasteiger partial charge in [0.05, 0.1) is 20.9 Å². The number of hydrogen-bond acceptors (Lipinski definition) is 6. The average molecular weight is 305 g/mol. The topological polar surface area (TPSA) is 63.8 Å². The predicted molar refractivity (Wildman–Crippen MR) is 65.7 cm³/mol. The number of halogens is 1. The maximum Gasteiger partial charge on any atom is 0.0701 e. The van der Waals surface area contributed by atoms with E-state index in [1.165, 1.54) is 16.4 Å². The summed E-state index contributed by atoms with van der Waals surface area (Å²) in [4.78, 5) is 2.33. The number of aromatic nitrogens is 2. The van der Waals surface area contributed by atoms with Crippen LogP contribution in [-0.4, -0.2) is 9.59 Å². The molecule has 1 atom stereocenters. The smallest absolute Gasteiger partial charge is 0.0701 e. The van der Waals surface area contributed by atoms with Crippen molar-refractivity contribution in [1.82, 2.24) is 15.0 Å². The van der Waals surface area contributed by atoms with Gasteiger partial charge in [-0.1, -0.05) is 4.49 Å². The lowest BCUT2D eigenvalue weighted by Gasteiger charge is -2.11. The minimum absolute atomic E-state index is 0.0931. The first-order valence-electron chi connectivity index (χ1n) is 4.27. The molecule has 0 aliphatic carbocycles. The molecule has 0 spiro atoms. The van der Waals surface area contributed by atoms with Gasteiger partial charge in [0.1, 0.15) is 0 Å². The number of nitrogens with two attached hydrogens (primary N) is 1. The van der Waals surface area contributed by atoms with Crippen LogP contribution < -0.4 is 11.3 Å². The third-order valence-corrected chi connectivity index (χ3v) is 4.38. The molecule has 2 rings (SSSR count). The molecular weight excluding hydrogens is 296 g/mol. The van der Waals surface area contributed by atoms with Crippen LogP contribution >= 0.6 is 38.8 Å². The van der Waals surface area contributed by atoms with E-state index in [1.807, 2.05) is 6.07 Å². The predicted octanol–water partition coefficient (Wildman–Crippen LogP) is 2.11. The zero-order valence-electron chi connectivity index (χ0n) is 7.68. The number of hydrazine groups is 1. The van der Waals surface area contributed by atoms with E-state index in [-0.39, 0.29) is 6.04 Å². The van der Waals surface area contributed by atoms with E-state index in [1.54, 1.807) is 17.5 Å². The largest absolute Gasteiger partial charge is 0.271 e. The molecule has 0 fully saturated rings. The Morgan fingerprint density at radius 3 is 2.93 bits per heavy atom. The molecule has 0 amide bonds. The molecule has 0 aliphatic heterocycles. The van der Waals surface area contributed by atoms with Crippen molar-refractivity contribution in [2.75, 3.05) is 0 Å². The summed E-state index contributed by atoms with van der Waals surface area (Å²) in [6.07, 6.45) is 2.61. The second-order valence-corrected chi connectivity index (χ2v) is 6.31. The quantitative estimate of drug-likeness (QED) is 0.671. The van der Waals surface area contributed by atoms with Gasteiger partial charge in [0.2, 0.25) is 0 Å². The summed E-state index contributed by atoms with van der Waals surface area (Å²) in [5, 5.41) is 3.80. The lowest BCUT2D eigenvalue weighted by atomic mass is 10.2. The highest BCUT2D eigenvalue weighted by molar-refractivity contribution is 9.11. The molecular formula is C8H9BrN4S2. The molecule has 0 aliphatic rings. The van der Waals surface area contributed by atoms with Crippen LogP contribution in [0.5, 0.6) is 0 Å². The van der Waals surface area contributed by atoms with Crippen LogP contribution in [-0.2, 0) is 6.42 Å². The lowest BCUT2D eigenvalue weighted by molar-refractivity contribution is 0.563. The van der Waals surface area contributed by atoms with Crippen molar-refractivity contribution >= 4 is 38.8 Å². The Hall–Kier alpha value is -0.340. The summed E-state index contributed by atoms with van der Waals surface area (Å²) >= 11 is 6.52. The summed E-state index contributed by atoms with van der Waals surface area (Å²) in [5.74, 6) is 5.51. The van der Waals surface area contributed by atoms with Gasteiger partial charge in [-0.3, -0.25) is 11.3 Å². The number of nitrogens with one attached hydrogen (secondary N) is 1. The summed E-state index contributed by atoms with van der Waals surface area (Å²) in [5.41, 5.74) is 2.78. The van der Waals surface area contributed by atoms with E-state index >= 15 is 0 Å². The Labute approximate surface area is 104 Å². The number of hydrogen-bond donors (Lipinski definition) is 2. The van der Waals surface area contributed by atoms with Crippen molar-refractivity contribution in [3.63, 3.8) is 0 Å². The molecule has 2 heterocycles. The molecule has 2 aromatic heterocycles. The van der Waals surface area contributed by atoms with E-state index in [9.17, 15) is 0 Å². The monoisotopic (exact) mass is 304 g/mol. The van der Waals surface area contributed by atoms with E-state index in [2.05, 4.69) is 37.0 Å². The van der Waals surface area contributed by atoms with Gasteiger partial charge >= 0.3 is 0 Å². The van der Waals surface area contributed by atoms with Crippen LogP contribution in [0.2, 0.25) is 0 Å². The van der Waals surface area contributed by atoms with Gasteiger partial charge in [0.15, 0.2) is 0 Å². The second-order valence-electron chi connectivity index (χ2n) is 2.95. The maximum absolute atomic E-state index is 5.51. The van der Waals surface area contributed by atoms with E-state index in [0.717, 1.165) is 15.1 Å². The Balaban J connectivity index is 2.09. The molecule has 3 N–H and O–H groups in total. The minimum atomic E-state index is 0.0931. The fourth-order valence-electron chi connectivity index (χ4n) is 1.23. The highest BCUT2D eigenvalue weighted by atomic mass is 79.9. The highest BCUT2D eigenvalue weighted by Gasteiger charge is 2.13. The third-order valence-electron chi connectivity index (χ3n) is 1.96. The standard InChI is InChI=1S/C8H9BrN4S2/c9-8-2-1-5(14-8)3-6(12-10)7-4-11-13-15-7/h1-2,4,6,12H,3,10H2. The van der Waals surface area contributed by atoms with Gasteiger partial charge in [-0.25, -0.2) is 0 Å². The van der Waals surface area contributed by atoms with Crippen molar-refractivity contribution in [1.29, 1.82) is 0 Å². The SMILES string of the molecule is NNC(Cc1ccc(Br)s1)c1cnns1. The molecule has 0 radical (unpaired) electrons. The summed E-state index contributed by atoms with van der Waals surface area (Å²) in [6, 6.07) is 4.22. The summed E-state index contributed by atoms with van der Waals surface area (Å²) < 4.78 is 4.96. The fraction of sp³-hybridized carbons (Fsp3) is 0.250. The van der Waals surface area contributed by atoms with Gasteiger partial charge in [-0.05, 0) is 39.6 Å². The molecule has 4 nitrogen and oxygen atoms in total. The van der Waals surface area contributed by atoms with Crippen LogP contribution in [0.1, 0.15) is 15.8 Å². The molecule has 80 valence electrons.